The average Bonchev–Trinajstić information content (AvgIpc) is 2.67. The number of alkyl halides is 3. The minimum Gasteiger partial charge on any atom is -0.308 e. The summed E-state index contributed by atoms with van der Waals surface area (Å²) in [5.74, 6) is 0. The Bertz CT molecular complexity index is 378. The van der Waals surface area contributed by atoms with E-state index in [4.69, 9.17) is 0 Å². The van der Waals surface area contributed by atoms with Crippen LogP contribution >= 0.6 is 0 Å². The van der Waals surface area contributed by atoms with Gasteiger partial charge in [0.25, 0.3) is 0 Å². The molecule has 1 atom stereocenters. The molecule has 0 saturated heterocycles. The maximum Gasteiger partial charge on any atom is 0.522 e. The number of nitrogens with one attached hydrogen (secondary N) is 1. The first-order valence-electron chi connectivity index (χ1n) is 5.58. The van der Waals surface area contributed by atoms with Crippen molar-refractivity contribution in [2.24, 2.45) is 0 Å². The summed E-state index contributed by atoms with van der Waals surface area (Å²) < 4.78 is 39.0. The number of rotatable bonds is 4. The van der Waals surface area contributed by atoms with Crippen molar-refractivity contribution in [1.29, 1.82) is 0 Å². The number of halogens is 3. The summed E-state index contributed by atoms with van der Waals surface area (Å²) >= 11 is 0. The molecule has 0 fully saturated rings. The minimum atomic E-state index is -4.53. The lowest BCUT2D eigenvalue weighted by Crippen LogP contribution is -2.26. The molecule has 17 heavy (non-hydrogen) atoms. The molecule has 0 radical (unpaired) electrons. The number of hydrogen-bond donors (Lipinski definition) is 1. The smallest absolute Gasteiger partial charge is 0.308 e. The number of fused-ring (bicyclic) bond motifs is 1. The van der Waals surface area contributed by atoms with Gasteiger partial charge in [0.1, 0.15) is 0 Å². The summed E-state index contributed by atoms with van der Waals surface area (Å²) in [6.07, 6.45) is -2.62. The lowest BCUT2D eigenvalue weighted by atomic mass is 10.1. The Balaban J connectivity index is 1.78. The minimum absolute atomic E-state index is 0.156. The van der Waals surface area contributed by atoms with Crippen LogP contribution in [0.1, 0.15) is 23.6 Å². The fourth-order valence-corrected chi connectivity index (χ4v) is 2.17. The molecule has 0 spiro atoms. The van der Waals surface area contributed by atoms with E-state index in [0.29, 0.717) is 0 Å². The van der Waals surface area contributed by atoms with Gasteiger partial charge in [0, 0.05) is 12.6 Å². The number of hydrogen-bond acceptors (Lipinski definition) is 2. The van der Waals surface area contributed by atoms with Gasteiger partial charge in [0.2, 0.25) is 0 Å². The Morgan fingerprint density at radius 2 is 2.06 bits per heavy atom. The predicted octanol–water partition coefficient (Wildman–Crippen LogP) is 2.80. The Hall–Kier alpha value is -1.07. The van der Waals surface area contributed by atoms with Gasteiger partial charge in [-0.1, -0.05) is 24.3 Å². The van der Waals surface area contributed by atoms with Crippen LogP contribution in [0.5, 0.6) is 0 Å². The highest BCUT2D eigenvalue weighted by atomic mass is 19.4. The first-order valence-corrected chi connectivity index (χ1v) is 5.58. The Kier molecular flexibility index (Phi) is 3.69. The lowest BCUT2D eigenvalue weighted by Gasteiger charge is -2.14. The van der Waals surface area contributed by atoms with E-state index in [-0.39, 0.29) is 19.2 Å². The van der Waals surface area contributed by atoms with E-state index >= 15 is 0 Å². The van der Waals surface area contributed by atoms with Crippen molar-refractivity contribution >= 4 is 0 Å². The zero-order valence-electron chi connectivity index (χ0n) is 9.26. The quantitative estimate of drug-likeness (QED) is 0.823. The molecule has 94 valence electrons. The lowest BCUT2D eigenvalue weighted by molar-refractivity contribution is -0.323. The van der Waals surface area contributed by atoms with Gasteiger partial charge in [0.15, 0.2) is 0 Å². The second kappa shape index (κ2) is 5.06. The first-order chi connectivity index (χ1) is 8.06. The van der Waals surface area contributed by atoms with Crippen LogP contribution in [0, 0.1) is 0 Å². The number of benzene rings is 1. The summed E-state index contributed by atoms with van der Waals surface area (Å²) in [6, 6.07) is 8.16. The fraction of sp³-hybridized carbons (Fsp3) is 0.500. The molecule has 1 aliphatic carbocycles. The number of aryl methyl sites for hydroxylation is 1. The topological polar surface area (TPSA) is 21.3 Å². The van der Waals surface area contributed by atoms with Crippen LogP contribution < -0.4 is 5.32 Å². The Labute approximate surface area is 97.8 Å². The van der Waals surface area contributed by atoms with Gasteiger partial charge in [-0.15, -0.1) is 13.2 Å². The molecule has 0 aliphatic heterocycles. The van der Waals surface area contributed by atoms with Gasteiger partial charge in [0.05, 0.1) is 6.61 Å². The Morgan fingerprint density at radius 1 is 1.29 bits per heavy atom. The third-order valence-corrected chi connectivity index (χ3v) is 2.89. The molecule has 0 amide bonds. The second-order valence-electron chi connectivity index (χ2n) is 4.04. The summed E-state index contributed by atoms with van der Waals surface area (Å²) in [5.41, 5.74) is 2.47. The van der Waals surface area contributed by atoms with Crippen molar-refractivity contribution in [3.63, 3.8) is 0 Å². The molecule has 1 N–H and O–H groups in total. The summed E-state index contributed by atoms with van der Waals surface area (Å²) in [5, 5.41) is 3.09. The van der Waals surface area contributed by atoms with E-state index in [0.717, 1.165) is 12.8 Å². The second-order valence-corrected chi connectivity index (χ2v) is 4.04. The van der Waals surface area contributed by atoms with E-state index in [1.165, 1.54) is 11.1 Å². The molecule has 2 rings (SSSR count). The van der Waals surface area contributed by atoms with Gasteiger partial charge >= 0.3 is 6.36 Å². The third kappa shape index (κ3) is 3.44. The van der Waals surface area contributed by atoms with Crippen molar-refractivity contribution in [2.45, 2.75) is 25.2 Å². The van der Waals surface area contributed by atoms with Gasteiger partial charge in [-0.3, -0.25) is 4.74 Å². The molecule has 0 heterocycles. The molecule has 1 aromatic rings. The van der Waals surface area contributed by atoms with E-state index in [1.807, 2.05) is 18.2 Å². The van der Waals surface area contributed by atoms with Crippen LogP contribution in [0.25, 0.3) is 0 Å². The maximum absolute atomic E-state index is 11.7. The largest absolute Gasteiger partial charge is 0.522 e. The standard InChI is InChI=1S/C12H14F3NO/c13-12(14,15)17-8-7-16-11-6-5-9-3-1-2-4-10(9)11/h1-4,11,16H,5-8H2. The number of ether oxygens (including phenoxy) is 1. The van der Waals surface area contributed by atoms with Crippen molar-refractivity contribution in [1.82, 2.24) is 5.32 Å². The highest BCUT2D eigenvalue weighted by Crippen LogP contribution is 2.30. The van der Waals surface area contributed by atoms with Gasteiger partial charge in [-0.2, -0.15) is 0 Å². The maximum atomic E-state index is 11.7. The highest BCUT2D eigenvalue weighted by molar-refractivity contribution is 5.34. The molecule has 0 aromatic heterocycles. The van der Waals surface area contributed by atoms with E-state index < -0.39 is 6.36 Å². The van der Waals surface area contributed by atoms with Crippen LogP contribution in [-0.2, 0) is 11.2 Å². The monoisotopic (exact) mass is 245 g/mol. The molecule has 1 unspecified atom stereocenters. The van der Waals surface area contributed by atoms with E-state index in [2.05, 4.69) is 16.1 Å². The van der Waals surface area contributed by atoms with Gasteiger partial charge in [-0.05, 0) is 24.0 Å². The average molecular weight is 245 g/mol. The molecule has 0 bridgehead atoms. The summed E-state index contributed by atoms with van der Waals surface area (Å²) in [6.45, 7) is -0.138. The van der Waals surface area contributed by atoms with Gasteiger partial charge in [-0.25, -0.2) is 0 Å². The predicted molar refractivity (Wildman–Crippen MR) is 57.5 cm³/mol. The van der Waals surface area contributed by atoms with Crippen molar-refractivity contribution in [2.75, 3.05) is 13.2 Å². The Morgan fingerprint density at radius 3 is 2.82 bits per heavy atom. The molecular formula is C12H14F3NO. The third-order valence-electron chi connectivity index (χ3n) is 2.89. The van der Waals surface area contributed by atoms with Crippen LogP contribution in [0.2, 0.25) is 0 Å². The SMILES string of the molecule is FC(F)(F)OCCNC1CCc2ccccc21. The zero-order chi connectivity index (χ0) is 12.3. The highest BCUT2D eigenvalue weighted by Gasteiger charge is 2.29. The summed E-state index contributed by atoms with van der Waals surface area (Å²) in [7, 11) is 0. The zero-order valence-corrected chi connectivity index (χ0v) is 9.26. The van der Waals surface area contributed by atoms with Crippen molar-refractivity contribution in [3.05, 3.63) is 35.4 Å². The van der Waals surface area contributed by atoms with Gasteiger partial charge < -0.3 is 5.32 Å². The molecule has 2 nitrogen and oxygen atoms in total. The first kappa shape index (κ1) is 12.4. The normalized spacial score (nSPS) is 19.4. The van der Waals surface area contributed by atoms with Crippen LogP contribution in [0.4, 0.5) is 13.2 Å². The molecule has 0 saturated carbocycles. The molecule has 5 heteroatoms. The molecule has 1 aliphatic rings. The fourth-order valence-electron chi connectivity index (χ4n) is 2.17. The van der Waals surface area contributed by atoms with Crippen LogP contribution in [0.3, 0.4) is 0 Å². The van der Waals surface area contributed by atoms with Crippen molar-refractivity contribution < 1.29 is 17.9 Å². The summed E-state index contributed by atoms with van der Waals surface area (Å²) in [4.78, 5) is 0. The van der Waals surface area contributed by atoms with E-state index in [9.17, 15) is 13.2 Å². The molecule has 1 aromatic carbocycles. The van der Waals surface area contributed by atoms with Crippen LogP contribution in [-0.4, -0.2) is 19.5 Å². The molecular weight excluding hydrogens is 231 g/mol. The van der Waals surface area contributed by atoms with E-state index in [1.54, 1.807) is 0 Å². The van der Waals surface area contributed by atoms with Crippen LogP contribution in [0.15, 0.2) is 24.3 Å². The van der Waals surface area contributed by atoms with Crippen molar-refractivity contribution in [3.8, 4) is 0 Å².